The van der Waals surface area contributed by atoms with Crippen LogP contribution < -0.4 is 4.74 Å². The second-order valence-electron chi connectivity index (χ2n) is 5.10. The van der Waals surface area contributed by atoms with Gasteiger partial charge in [-0.15, -0.1) is 0 Å². The fourth-order valence-corrected chi connectivity index (χ4v) is 2.91. The summed E-state index contributed by atoms with van der Waals surface area (Å²) >= 11 is 6.25. The summed E-state index contributed by atoms with van der Waals surface area (Å²) in [5.74, 6) is 0.332. The van der Waals surface area contributed by atoms with Crippen molar-refractivity contribution in [2.45, 2.75) is 38.5 Å². The summed E-state index contributed by atoms with van der Waals surface area (Å²) in [6, 6.07) is 3.95. The van der Waals surface area contributed by atoms with E-state index >= 15 is 0 Å². The van der Waals surface area contributed by atoms with Gasteiger partial charge >= 0.3 is 5.97 Å². The topological polar surface area (TPSA) is 46.5 Å². The average molecular weight is 283 g/mol. The van der Waals surface area contributed by atoms with Gasteiger partial charge in [-0.3, -0.25) is 4.79 Å². The number of ether oxygens (including phenoxy) is 1. The lowest BCUT2D eigenvalue weighted by atomic mass is 9.89. The van der Waals surface area contributed by atoms with Gasteiger partial charge in [-0.2, -0.15) is 0 Å². The van der Waals surface area contributed by atoms with Crippen molar-refractivity contribution in [1.82, 2.24) is 0 Å². The maximum Gasteiger partial charge on any atom is 0.303 e. The molecule has 1 aromatic rings. The van der Waals surface area contributed by atoms with Crippen molar-refractivity contribution in [3.05, 3.63) is 28.3 Å². The van der Waals surface area contributed by atoms with Gasteiger partial charge in [-0.1, -0.05) is 24.6 Å². The van der Waals surface area contributed by atoms with E-state index in [-0.39, 0.29) is 12.3 Å². The number of hydrogen-bond donors (Lipinski definition) is 1. The number of benzene rings is 1. The Bertz CT molecular complexity index is 481. The fourth-order valence-electron chi connectivity index (χ4n) is 2.59. The van der Waals surface area contributed by atoms with Crippen LogP contribution in [-0.2, 0) is 11.2 Å². The normalized spacial score (nSPS) is 16.2. The molecule has 0 saturated heterocycles. The number of rotatable bonds is 6. The molecule has 0 aliphatic heterocycles. The Labute approximate surface area is 118 Å². The van der Waals surface area contributed by atoms with Crippen LogP contribution in [0.2, 0.25) is 5.02 Å². The number of carboxylic acid groups (broad SMARTS) is 1. The van der Waals surface area contributed by atoms with Crippen LogP contribution >= 0.6 is 11.6 Å². The lowest BCUT2D eigenvalue weighted by molar-refractivity contribution is -0.137. The maximum absolute atomic E-state index is 11.1. The molecule has 0 spiro atoms. The molecule has 19 heavy (non-hydrogen) atoms. The van der Waals surface area contributed by atoms with Gasteiger partial charge in [0.05, 0.1) is 18.6 Å². The van der Waals surface area contributed by atoms with Gasteiger partial charge < -0.3 is 9.84 Å². The summed E-state index contributed by atoms with van der Waals surface area (Å²) < 4.78 is 5.39. The van der Waals surface area contributed by atoms with E-state index in [0.29, 0.717) is 16.7 Å². The minimum absolute atomic E-state index is 0.0106. The van der Waals surface area contributed by atoms with Crippen LogP contribution in [0.1, 0.15) is 43.2 Å². The van der Waals surface area contributed by atoms with Crippen LogP contribution in [0.5, 0.6) is 5.75 Å². The minimum atomic E-state index is -0.767. The zero-order valence-corrected chi connectivity index (χ0v) is 12.0. The highest BCUT2D eigenvalue weighted by Crippen LogP contribution is 2.48. The Hall–Kier alpha value is -1.22. The highest BCUT2D eigenvalue weighted by atomic mass is 35.5. The monoisotopic (exact) mass is 282 g/mol. The summed E-state index contributed by atoms with van der Waals surface area (Å²) in [6.07, 6.45) is 3.20. The van der Waals surface area contributed by atoms with Crippen LogP contribution in [0.25, 0.3) is 0 Å². The molecule has 1 aliphatic rings. The Kier molecular flexibility index (Phi) is 4.35. The number of halogens is 1. The average Bonchev–Trinajstić information content (AvgIpc) is 3.19. The standard InChI is InChI=1S/C15H19ClO3/c1-3-9-6-12(15(19-2)13(16)7-9)11(8-14(17)18)10-4-5-10/h6-7,10-11H,3-5,8H2,1-2H3,(H,17,18). The third kappa shape index (κ3) is 3.21. The Morgan fingerprint density at radius 1 is 1.53 bits per heavy atom. The van der Waals surface area contributed by atoms with Crippen molar-refractivity contribution in [2.75, 3.05) is 7.11 Å². The molecule has 104 valence electrons. The molecule has 2 rings (SSSR count). The smallest absolute Gasteiger partial charge is 0.303 e. The number of carboxylic acids is 1. The molecule has 1 aromatic carbocycles. The quantitative estimate of drug-likeness (QED) is 0.861. The second-order valence-corrected chi connectivity index (χ2v) is 5.50. The Morgan fingerprint density at radius 3 is 2.68 bits per heavy atom. The van der Waals surface area contributed by atoms with Crippen molar-refractivity contribution in [1.29, 1.82) is 0 Å². The number of aryl methyl sites for hydroxylation is 1. The van der Waals surface area contributed by atoms with E-state index in [9.17, 15) is 4.79 Å². The molecule has 1 saturated carbocycles. The second kappa shape index (κ2) is 5.83. The van der Waals surface area contributed by atoms with E-state index < -0.39 is 5.97 Å². The van der Waals surface area contributed by atoms with Crippen molar-refractivity contribution < 1.29 is 14.6 Å². The van der Waals surface area contributed by atoms with Crippen LogP contribution in [0.3, 0.4) is 0 Å². The van der Waals surface area contributed by atoms with Gasteiger partial charge in [0.1, 0.15) is 5.75 Å². The lowest BCUT2D eigenvalue weighted by Crippen LogP contribution is -2.10. The maximum atomic E-state index is 11.1. The molecule has 1 N–H and O–H groups in total. The van der Waals surface area contributed by atoms with E-state index in [1.54, 1.807) is 7.11 Å². The first-order chi connectivity index (χ1) is 9.06. The molecule has 0 bridgehead atoms. The molecule has 0 amide bonds. The third-order valence-corrected chi connectivity index (χ3v) is 4.01. The molecular weight excluding hydrogens is 264 g/mol. The van der Waals surface area contributed by atoms with Gasteiger partial charge in [0.2, 0.25) is 0 Å². The SMILES string of the molecule is CCc1cc(Cl)c(OC)c(C(CC(=O)O)C2CC2)c1. The van der Waals surface area contributed by atoms with Crippen LogP contribution in [0, 0.1) is 5.92 Å². The third-order valence-electron chi connectivity index (χ3n) is 3.73. The molecule has 0 heterocycles. The number of aliphatic carboxylic acids is 1. The van der Waals surface area contributed by atoms with E-state index in [1.807, 2.05) is 6.07 Å². The molecule has 4 heteroatoms. The van der Waals surface area contributed by atoms with Crippen molar-refractivity contribution in [3.63, 3.8) is 0 Å². The molecule has 1 aliphatic carbocycles. The minimum Gasteiger partial charge on any atom is -0.495 e. The molecule has 1 atom stereocenters. The largest absolute Gasteiger partial charge is 0.495 e. The Morgan fingerprint density at radius 2 is 2.21 bits per heavy atom. The van der Waals surface area contributed by atoms with Crippen molar-refractivity contribution in [2.24, 2.45) is 5.92 Å². The molecule has 3 nitrogen and oxygen atoms in total. The van der Waals surface area contributed by atoms with E-state index in [1.165, 1.54) is 0 Å². The summed E-state index contributed by atoms with van der Waals surface area (Å²) in [5, 5.41) is 9.68. The molecule has 1 fully saturated rings. The number of methoxy groups -OCH3 is 1. The molecule has 0 aromatic heterocycles. The fraction of sp³-hybridized carbons (Fsp3) is 0.533. The predicted octanol–water partition coefficient (Wildman–Crippen LogP) is 3.88. The van der Waals surface area contributed by atoms with E-state index in [4.69, 9.17) is 21.4 Å². The van der Waals surface area contributed by atoms with Gasteiger partial charge in [-0.05, 0) is 42.4 Å². The summed E-state index contributed by atoms with van der Waals surface area (Å²) in [6.45, 7) is 2.06. The van der Waals surface area contributed by atoms with Crippen LogP contribution in [0.4, 0.5) is 0 Å². The van der Waals surface area contributed by atoms with Gasteiger partial charge in [0, 0.05) is 5.92 Å². The first-order valence-electron chi connectivity index (χ1n) is 6.64. The first kappa shape index (κ1) is 14.2. The van der Waals surface area contributed by atoms with Gasteiger partial charge in [-0.25, -0.2) is 0 Å². The zero-order valence-electron chi connectivity index (χ0n) is 11.3. The lowest BCUT2D eigenvalue weighted by Gasteiger charge is -2.20. The summed E-state index contributed by atoms with van der Waals surface area (Å²) in [5.41, 5.74) is 2.08. The van der Waals surface area contributed by atoms with E-state index in [0.717, 1.165) is 30.4 Å². The van der Waals surface area contributed by atoms with Gasteiger partial charge in [0.25, 0.3) is 0 Å². The first-order valence-corrected chi connectivity index (χ1v) is 7.02. The van der Waals surface area contributed by atoms with E-state index in [2.05, 4.69) is 13.0 Å². The van der Waals surface area contributed by atoms with Crippen molar-refractivity contribution >= 4 is 17.6 Å². The Balaban J connectivity index is 2.44. The summed E-state index contributed by atoms with van der Waals surface area (Å²) in [4.78, 5) is 11.1. The molecule has 0 radical (unpaired) electrons. The molecule has 1 unspecified atom stereocenters. The highest BCUT2D eigenvalue weighted by molar-refractivity contribution is 6.32. The summed E-state index contributed by atoms with van der Waals surface area (Å²) in [7, 11) is 1.58. The number of hydrogen-bond acceptors (Lipinski definition) is 2. The van der Waals surface area contributed by atoms with Crippen molar-refractivity contribution in [3.8, 4) is 5.75 Å². The number of carbonyl (C=O) groups is 1. The van der Waals surface area contributed by atoms with Gasteiger partial charge in [0.15, 0.2) is 0 Å². The molecular formula is C15H19ClO3. The highest BCUT2D eigenvalue weighted by Gasteiger charge is 2.36. The van der Waals surface area contributed by atoms with Crippen LogP contribution in [-0.4, -0.2) is 18.2 Å². The predicted molar refractivity (Wildman–Crippen MR) is 75.1 cm³/mol. The zero-order chi connectivity index (χ0) is 14.0. The van der Waals surface area contributed by atoms with Crippen LogP contribution in [0.15, 0.2) is 12.1 Å².